The van der Waals surface area contributed by atoms with E-state index in [-0.39, 0.29) is 5.91 Å². The van der Waals surface area contributed by atoms with Crippen molar-refractivity contribution in [3.63, 3.8) is 0 Å². The van der Waals surface area contributed by atoms with Gasteiger partial charge in [0.1, 0.15) is 0 Å². The Bertz CT molecular complexity index is 460. The van der Waals surface area contributed by atoms with E-state index in [1.165, 1.54) is 24.9 Å². The molecule has 1 aromatic carbocycles. The standard InChI is InChI=1S/C16H26N4O/c1-19-9-3-4-15(12-19)20(2)11-14-7-5-13(6-8-14)10-16(21)18-17/h5-8,15H,3-4,9-12,17H2,1-2H3,(H,18,21). The molecule has 1 atom stereocenters. The maximum atomic E-state index is 11.2. The number of amides is 1. The van der Waals surface area contributed by atoms with E-state index in [2.05, 4.69) is 41.5 Å². The van der Waals surface area contributed by atoms with Crippen LogP contribution in [0.5, 0.6) is 0 Å². The Labute approximate surface area is 127 Å². The minimum absolute atomic E-state index is 0.162. The van der Waals surface area contributed by atoms with Gasteiger partial charge in [0.2, 0.25) is 5.91 Å². The third-order valence-corrected chi connectivity index (χ3v) is 4.20. The molecule has 2 rings (SSSR count). The van der Waals surface area contributed by atoms with E-state index in [0.717, 1.165) is 18.7 Å². The van der Waals surface area contributed by atoms with Gasteiger partial charge in [-0.25, -0.2) is 5.84 Å². The van der Waals surface area contributed by atoms with E-state index >= 15 is 0 Å². The number of hydrogen-bond donors (Lipinski definition) is 2. The highest BCUT2D eigenvalue weighted by Crippen LogP contribution is 2.16. The lowest BCUT2D eigenvalue weighted by Gasteiger charge is -2.35. The molecule has 1 aromatic rings. The smallest absolute Gasteiger partial charge is 0.238 e. The van der Waals surface area contributed by atoms with Crippen molar-refractivity contribution in [2.75, 3.05) is 27.2 Å². The number of likely N-dealkylation sites (N-methyl/N-ethyl adjacent to an activating group) is 2. The molecule has 5 heteroatoms. The molecule has 1 heterocycles. The number of carbonyl (C=O) groups is 1. The topological polar surface area (TPSA) is 61.6 Å². The summed E-state index contributed by atoms with van der Waals surface area (Å²) in [6.07, 6.45) is 2.88. The van der Waals surface area contributed by atoms with Crippen LogP contribution in [-0.4, -0.2) is 48.9 Å². The number of piperidine rings is 1. The van der Waals surface area contributed by atoms with Crippen LogP contribution >= 0.6 is 0 Å². The normalized spacial score (nSPS) is 19.7. The second kappa shape index (κ2) is 7.54. The van der Waals surface area contributed by atoms with Crippen molar-refractivity contribution >= 4 is 5.91 Å². The molecule has 3 N–H and O–H groups in total. The van der Waals surface area contributed by atoms with Crippen LogP contribution in [0.3, 0.4) is 0 Å². The molecule has 1 aliphatic heterocycles. The number of hydrogen-bond acceptors (Lipinski definition) is 4. The summed E-state index contributed by atoms with van der Waals surface area (Å²) in [7, 11) is 4.39. The van der Waals surface area contributed by atoms with Gasteiger partial charge in [-0.3, -0.25) is 15.1 Å². The molecule has 1 aliphatic rings. The molecular weight excluding hydrogens is 264 g/mol. The summed E-state index contributed by atoms with van der Waals surface area (Å²) in [5, 5.41) is 0. The van der Waals surface area contributed by atoms with Gasteiger partial charge in [-0.2, -0.15) is 0 Å². The summed E-state index contributed by atoms with van der Waals surface area (Å²) in [6, 6.07) is 8.84. The van der Waals surface area contributed by atoms with Gasteiger partial charge in [-0.05, 0) is 44.6 Å². The first-order valence-corrected chi connectivity index (χ1v) is 7.54. The first-order valence-electron chi connectivity index (χ1n) is 7.54. The van der Waals surface area contributed by atoms with Crippen LogP contribution in [0.15, 0.2) is 24.3 Å². The molecule has 1 amide bonds. The first kappa shape index (κ1) is 15.9. The summed E-state index contributed by atoms with van der Waals surface area (Å²) in [4.78, 5) is 16.1. The lowest BCUT2D eigenvalue weighted by molar-refractivity contribution is -0.120. The molecule has 0 spiro atoms. The number of nitrogens with two attached hydrogens (primary N) is 1. The summed E-state index contributed by atoms with van der Waals surface area (Å²) in [5.41, 5.74) is 4.42. The van der Waals surface area contributed by atoms with Crippen molar-refractivity contribution in [3.05, 3.63) is 35.4 Å². The van der Waals surface area contributed by atoms with Crippen LogP contribution in [0.4, 0.5) is 0 Å². The van der Waals surface area contributed by atoms with Gasteiger partial charge in [0.05, 0.1) is 6.42 Å². The predicted octanol–water partition coefficient (Wildman–Crippen LogP) is 0.745. The Balaban J connectivity index is 1.88. The average molecular weight is 290 g/mol. The minimum Gasteiger partial charge on any atom is -0.305 e. The fraction of sp³-hybridized carbons (Fsp3) is 0.562. The molecule has 116 valence electrons. The molecule has 0 bridgehead atoms. The Kier molecular flexibility index (Phi) is 5.73. The summed E-state index contributed by atoms with van der Waals surface area (Å²) in [6.45, 7) is 3.30. The zero-order valence-corrected chi connectivity index (χ0v) is 13.0. The van der Waals surface area contributed by atoms with Crippen LogP contribution in [0.1, 0.15) is 24.0 Å². The molecule has 0 aliphatic carbocycles. The van der Waals surface area contributed by atoms with Crippen LogP contribution in [0.2, 0.25) is 0 Å². The SMILES string of the molecule is CN1CCCC(N(C)Cc2ccc(CC(=O)NN)cc2)C1. The summed E-state index contributed by atoms with van der Waals surface area (Å²) >= 11 is 0. The Morgan fingerprint density at radius 1 is 1.38 bits per heavy atom. The van der Waals surface area contributed by atoms with E-state index in [0.29, 0.717) is 12.5 Å². The molecular formula is C16H26N4O. The quantitative estimate of drug-likeness (QED) is 0.477. The highest BCUT2D eigenvalue weighted by Gasteiger charge is 2.20. The summed E-state index contributed by atoms with van der Waals surface area (Å²) < 4.78 is 0. The maximum absolute atomic E-state index is 11.2. The van der Waals surface area contributed by atoms with Crippen molar-refractivity contribution in [2.45, 2.75) is 31.8 Å². The Morgan fingerprint density at radius 2 is 2.05 bits per heavy atom. The second-order valence-electron chi connectivity index (χ2n) is 6.03. The van der Waals surface area contributed by atoms with Gasteiger partial charge in [-0.15, -0.1) is 0 Å². The number of benzene rings is 1. The van der Waals surface area contributed by atoms with E-state index < -0.39 is 0 Å². The summed E-state index contributed by atoms with van der Waals surface area (Å²) in [5.74, 6) is 4.94. The van der Waals surface area contributed by atoms with Gasteiger partial charge in [-0.1, -0.05) is 24.3 Å². The zero-order chi connectivity index (χ0) is 15.2. The van der Waals surface area contributed by atoms with Crippen LogP contribution in [0.25, 0.3) is 0 Å². The Morgan fingerprint density at radius 3 is 2.67 bits per heavy atom. The van der Waals surface area contributed by atoms with Crippen molar-refractivity contribution in [2.24, 2.45) is 5.84 Å². The van der Waals surface area contributed by atoms with Crippen molar-refractivity contribution < 1.29 is 4.79 Å². The minimum atomic E-state index is -0.162. The predicted molar refractivity (Wildman–Crippen MR) is 84.5 cm³/mol. The van der Waals surface area contributed by atoms with Gasteiger partial charge in [0.15, 0.2) is 0 Å². The number of nitrogens with zero attached hydrogens (tertiary/aromatic N) is 2. The number of hydrazine groups is 1. The van der Waals surface area contributed by atoms with Crippen LogP contribution in [0, 0.1) is 0 Å². The molecule has 1 unspecified atom stereocenters. The maximum Gasteiger partial charge on any atom is 0.238 e. The lowest BCUT2D eigenvalue weighted by Crippen LogP contribution is -2.44. The molecule has 1 fully saturated rings. The molecule has 5 nitrogen and oxygen atoms in total. The van der Waals surface area contributed by atoms with Gasteiger partial charge in [0.25, 0.3) is 0 Å². The number of nitrogens with one attached hydrogen (secondary N) is 1. The van der Waals surface area contributed by atoms with E-state index in [1.807, 2.05) is 12.1 Å². The number of likely N-dealkylation sites (tertiary alicyclic amines) is 1. The van der Waals surface area contributed by atoms with Crippen molar-refractivity contribution in [1.29, 1.82) is 0 Å². The van der Waals surface area contributed by atoms with Crippen molar-refractivity contribution in [1.82, 2.24) is 15.2 Å². The highest BCUT2D eigenvalue weighted by molar-refractivity contribution is 5.77. The van der Waals surface area contributed by atoms with Crippen LogP contribution in [-0.2, 0) is 17.8 Å². The Hall–Kier alpha value is -1.43. The molecule has 1 saturated heterocycles. The second-order valence-corrected chi connectivity index (χ2v) is 6.03. The van der Waals surface area contributed by atoms with E-state index in [1.54, 1.807) is 0 Å². The molecule has 0 radical (unpaired) electrons. The highest BCUT2D eigenvalue weighted by atomic mass is 16.2. The average Bonchev–Trinajstić information content (AvgIpc) is 2.49. The monoisotopic (exact) mass is 290 g/mol. The number of rotatable bonds is 5. The third kappa shape index (κ3) is 4.81. The van der Waals surface area contributed by atoms with Gasteiger partial charge in [0, 0.05) is 19.1 Å². The van der Waals surface area contributed by atoms with Crippen molar-refractivity contribution in [3.8, 4) is 0 Å². The molecule has 0 aromatic heterocycles. The third-order valence-electron chi connectivity index (χ3n) is 4.20. The molecule has 21 heavy (non-hydrogen) atoms. The fourth-order valence-electron chi connectivity index (χ4n) is 2.91. The number of carbonyl (C=O) groups excluding carboxylic acids is 1. The van der Waals surface area contributed by atoms with Gasteiger partial charge < -0.3 is 4.90 Å². The lowest BCUT2D eigenvalue weighted by atomic mass is 10.0. The first-order chi connectivity index (χ1) is 10.1. The van der Waals surface area contributed by atoms with E-state index in [4.69, 9.17) is 5.84 Å². The van der Waals surface area contributed by atoms with E-state index in [9.17, 15) is 4.79 Å². The largest absolute Gasteiger partial charge is 0.305 e. The fourth-order valence-corrected chi connectivity index (χ4v) is 2.91. The van der Waals surface area contributed by atoms with Crippen LogP contribution < -0.4 is 11.3 Å². The van der Waals surface area contributed by atoms with Gasteiger partial charge >= 0.3 is 0 Å². The molecule has 0 saturated carbocycles. The zero-order valence-electron chi connectivity index (χ0n) is 13.0.